The zero-order chi connectivity index (χ0) is 16.9. The molecule has 1 rings (SSSR count). The molecule has 0 spiro atoms. The molecule has 1 saturated heterocycles. The molecule has 1 atom stereocenters. The topological polar surface area (TPSA) is 56.7 Å². The van der Waals surface area contributed by atoms with Crippen LogP contribution in [0.15, 0.2) is 4.99 Å². The zero-order valence-electron chi connectivity index (χ0n) is 15.4. The fourth-order valence-corrected chi connectivity index (χ4v) is 2.90. The summed E-state index contributed by atoms with van der Waals surface area (Å²) in [6.45, 7) is 11.0. The molecule has 1 unspecified atom stereocenters. The number of nitrogens with zero attached hydrogens (tertiary/aromatic N) is 2. The van der Waals surface area contributed by atoms with Crippen molar-refractivity contribution in [3.05, 3.63) is 0 Å². The van der Waals surface area contributed by atoms with Crippen LogP contribution in [0.2, 0.25) is 0 Å². The van der Waals surface area contributed by atoms with Crippen molar-refractivity contribution in [1.82, 2.24) is 15.5 Å². The highest BCUT2D eigenvalue weighted by atomic mass is 16.2. The first-order valence-electron chi connectivity index (χ1n) is 9.51. The number of hydrogen-bond donors (Lipinski definition) is 2. The van der Waals surface area contributed by atoms with Gasteiger partial charge in [-0.2, -0.15) is 0 Å². The van der Waals surface area contributed by atoms with Crippen LogP contribution in [0.3, 0.4) is 0 Å². The Morgan fingerprint density at radius 3 is 2.70 bits per heavy atom. The van der Waals surface area contributed by atoms with E-state index in [1.807, 2.05) is 4.90 Å². The van der Waals surface area contributed by atoms with Crippen molar-refractivity contribution in [2.75, 3.05) is 32.7 Å². The maximum absolute atomic E-state index is 11.6. The SMILES string of the molecule is CCCCC(CC)CN=C(NCC)NCCCN1CCCC1=O. The highest BCUT2D eigenvalue weighted by Crippen LogP contribution is 2.12. The van der Waals surface area contributed by atoms with Crippen molar-refractivity contribution in [2.24, 2.45) is 10.9 Å². The number of rotatable bonds is 11. The number of nitrogens with one attached hydrogen (secondary N) is 2. The maximum atomic E-state index is 11.6. The van der Waals surface area contributed by atoms with Crippen LogP contribution in [0.25, 0.3) is 0 Å². The van der Waals surface area contributed by atoms with Gasteiger partial charge in [0, 0.05) is 39.1 Å². The number of carbonyl (C=O) groups excluding carboxylic acids is 1. The van der Waals surface area contributed by atoms with Crippen molar-refractivity contribution in [1.29, 1.82) is 0 Å². The Kier molecular flexibility index (Phi) is 10.5. The number of unbranched alkanes of at least 4 members (excludes halogenated alkanes) is 1. The summed E-state index contributed by atoms with van der Waals surface area (Å²) in [6.07, 6.45) is 7.74. The summed E-state index contributed by atoms with van der Waals surface area (Å²) in [5.74, 6) is 1.91. The third kappa shape index (κ3) is 8.24. The second-order valence-electron chi connectivity index (χ2n) is 6.40. The molecule has 0 radical (unpaired) electrons. The van der Waals surface area contributed by atoms with Crippen LogP contribution in [0.1, 0.15) is 65.7 Å². The molecule has 0 saturated carbocycles. The standard InChI is InChI=1S/C18H36N4O/c1-4-7-10-16(5-2)15-21-18(19-6-3)20-12-9-14-22-13-8-11-17(22)23/h16H,4-15H2,1-3H3,(H2,19,20,21). The number of carbonyl (C=O) groups is 1. The van der Waals surface area contributed by atoms with E-state index in [0.29, 0.717) is 11.8 Å². The Morgan fingerprint density at radius 2 is 2.09 bits per heavy atom. The monoisotopic (exact) mass is 324 g/mol. The first kappa shape index (κ1) is 19.8. The van der Waals surface area contributed by atoms with E-state index >= 15 is 0 Å². The smallest absolute Gasteiger partial charge is 0.222 e. The average Bonchev–Trinajstić information content (AvgIpc) is 2.96. The van der Waals surface area contributed by atoms with Gasteiger partial charge in [-0.05, 0) is 32.1 Å². The van der Waals surface area contributed by atoms with Gasteiger partial charge < -0.3 is 15.5 Å². The van der Waals surface area contributed by atoms with Crippen LogP contribution >= 0.6 is 0 Å². The van der Waals surface area contributed by atoms with Crippen LogP contribution in [-0.2, 0) is 4.79 Å². The van der Waals surface area contributed by atoms with Crippen molar-refractivity contribution < 1.29 is 4.79 Å². The molecule has 5 heteroatoms. The number of likely N-dealkylation sites (tertiary alicyclic amines) is 1. The molecule has 0 aromatic heterocycles. The van der Waals surface area contributed by atoms with E-state index in [-0.39, 0.29) is 0 Å². The van der Waals surface area contributed by atoms with Crippen molar-refractivity contribution in [3.63, 3.8) is 0 Å². The van der Waals surface area contributed by atoms with E-state index in [4.69, 9.17) is 4.99 Å². The quantitative estimate of drug-likeness (QED) is 0.349. The maximum Gasteiger partial charge on any atom is 0.222 e. The molecule has 1 heterocycles. The summed E-state index contributed by atoms with van der Waals surface area (Å²) in [7, 11) is 0. The average molecular weight is 325 g/mol. The minimum absolute atomic E-state index is 0.312. The molecule has 1 amide bonds. The van der Waals surface area contributed by atoms with Gasteiger partial charge in [0.25, 0.3) is 0 Å². The van der Waals surface area contributed by atoms with E-state index in [1.54, 1.807) is 0 Å². The van der Waals surface area contributed by atoms with Gasteiger partial charge in [-0.3, -0.25) is 9.79 Å². The number of aliphatic imine (C=N–C) groups is 1. The molecule has 23 heavy (non-hydrogen) atoms. The van der Waals surface area contributed by atoms with Crippen LogP contribution < -0.4 is 10.6 Å². The Morgan fingerprint density at radius 1 is 1.26 bits per heavy atom. The highest BCUT2D eigenvalue weighted by Gasteiger charge is 2.18. The molecule has 2 N–H and O–H groups in total. The van der Waals surface area contributed by atoms with Crippen molar-refractivity contribution in [3.8, 4) is 0 Å². The minimum atomic E-state index is 0.312. The van der Waals surface area contributed by atoms with Crippen LogP contribution in [0.4, 0.5) is 0 Å². The van der Waals surface area contributed by atoms with E-state index in [2.05, 4.69) is 31.4 Å². The van der Waals surface area contributed by atoms with Gasteiger partial charge in [0.2, 0.25) is 5.91 Å². The van der Waals surface area contributed by atoms with Gasteiger partial charge in [0.05, 0.1) is 0 Å². The summed E-state index contributed by atoms with van der Waals surface area (Å²) in [5, 5.41) is 6.71. The molecule has 0 aromatic carbocycles. The molecule has 0 aliphatic carbocycles. The van der Waals surface area contributed by atoms with Gasteiger partial charge in [0.15, 0.2) is 5.96 Å². The van der Waals surface area contributed by atoms with E-state index in [0.717, 1.165) is 57.9 Å². The van der Waals surface area contributed by atoms with Crippen LogP contribution in [0, 0.1) is 5.92 Å². The Balaban J connectivity index is 2.29. The van der Waals surface area contributed by atoms with Gasteiger partial charge in [-0.15, -0.1) is 0 Å². The largest absolute Gasteiger partial charge is 0.357 e. The Labute approximate surface area is 142 Å². The fourth-order valence-electron chi connectivity index (χ4n) is 2.90. The third-order valence-corrected chi connectivity index (χ3v) is 4.46. The van der Waals surface area contributed by atoms with Crippen LogP contribution in [-0.4, -0.2) is 49.5 Å². The molecule has 0 aromatic rings. The lowest BCUT2D eigenvalue weighted by Crippen LogP contribution is -2.39. The molecule has 5 nitrogen and oxygen atoms in total. The highest BCUT2D eigenvalue weighted by molar-refractivity contribution is 5.79. The van der Waals surface area contributed by atoms with Gasteiger partial charge >= 0.3 is 0 Å². The molecule has 1 aliphatic rings. The van der Waals surface area contributed by atoms with Gasteiger partial charge in [0.1, 0.15) is 0 Å². The number of hydrogen-bond acceptors (Lipinski definition) is 2. The molecule has 1 aliphatic heterocycles. The molecule has 1 fully saturated rings. The predicted molar refractivity (Wildman–Crippen MR) is 97.7 cm³/mol. The zero-order valence-corrected chi connectivity index (χ0v) is 15.4. The predicted octanol–water partition coefficient (Wildman–Crippen LogP) is 2.77. The molecule has 134 valence electrons. The summed E-state index contributed by atoms with van der Waals surface area (Å²) < 4.78 is 0. The summed E-state index contributed by atoms with van der Waals surface area (Å²) >= 11 is 0. The number of amides is 1. The molecule has 0 bridgehead atoms. The first-order valence-corrected chi connectivity index (χ1v) is 9.51. The lowest BCUT2D eigenvalue weighted by atomic mass is 10.00. The summed E-state index contributed by atoms with van der Waals surface area (Å²) in [4.78, 5) is 18.3. The van der Waals surface area contributed by atoms with Gasteiger partial charge in [-0.25, -0.2) is 0 Å². The molecular weight excluding hydrogens is 288 g/mol. The second-order valence-corrected chi connectivity index (χ2v) is 6.40. The summed E-state index contributed by atoms with van der Waals surface area (Å²) in [6, 6.07) is 0. The van der Waals surface area contributed by atoms with E-state index in [1.165, 1.54) is 25.7 Å². The Hall–Kier alpha value is -1.26. The number of guanidine groups is 1. The van der Waals surface area contributed by atoms with Crippen LogP contribution in [0.5, 0.6) is 0 Å². The molecular formula is C18H36N4O. The second kappa shape index (κ2) is 12.2. The fraction of sp³-hybridized carbons (Fsp3) is 0.889. The normalized spacial score (nSPS) is 16.7. The van der Waals surface area contributed by atoms with Crippen molar-refractivity contribution in [2.45, 2.75) is 65.7 Å². The lowest BCUT2D eigenvalue weighted by molar-refractivity contribution is -0.127. The van der Waals surface area contributed by atoms with Crippen molar-refractivity contribution >= 4 is 11.9 Å². The first-order chi connectivity index (χ1) is 11.2. The van der Waals surface area contributed by atoms with E-state index < -0.39 is 0 Å². The third-order valence-electron chi connectivity index (χ3n) is 4.46. The van der Waals surface area contributed by atoms with E-state index in [9.17, 15) is 4.79 Å². The van der Waals surface area contributed by atoms with Gasteiger partial charge in [-0.1, -0.05) is 33.1 Å². The minimum Gasteiger partial charge on any atom is -0.357 e. The lowest BCUT2D eigenvalue weighted by Gasteiger charge is -2.17. The Bertz CT molecular complexity index is 357. The summed E-state index contributed by atoms with van der Waals surface area (Å²) in [5.41, 5.74) is 0.